The molecule has 0 aliphatic rings. The van der Waals surface area contributed by atoms with Crippen molar-refractivity contribution in [3.63, 3.8) is 0 Å². The van der Waals surface area contributed by atoms with Gasteiger partial charge in [-0.05, 0) is 29.8 Å². The number of carbonyl (C=O) groups is 1. The number of amides is 1. The van der Waals surface area contributed by atoms with Crippen LogP contribution in [0.1, 0.15) is 5.56 Å². The van der Waals surface area contributed by atoms with Crippen LogP contribution in [0.2, 0.25) is 10.0 Å². The van der Waals surface area contributed by atoms with Crippen molar-refractivity contribution < 1.29 is 9.18 Å². The smallest absolute Gasteiger partial charge is 0.229 e. The van der Waals surface area contributed by atoms with Crippen LogP contribution in [0.3, 0.4) is 0 Å². The normalized spacial score (nSPS) is 10.3. The molecule has 0 radical (unpaired) electrons. The molecule has 1 aromatic heterocycles. The van der Waals surface area contributed by atoms with Crippen LogP contribution in [0, 0.1) is 5.95 Å². The van der Waals surface area contributed by atoms with Crippen molar-refractivity contribution in [2.45, 2.75) is 6.42 Å². The molecule has 2 aromatic rings. The molecule has 6 heteroatoms. The lowest BCUT2D eigenvalue weighted by atomic mass is 10.1. The third-order valence-electron chi connectivity index (χ3n) is 2.33. The minimum absolute atomic E-state index is 0.106. The van der Waals surface area contributed by atoms with E-state index in [0.717, 1.165) is 0 Å². The maximum Gasteiger partial charge on any atom is 0.229 e. The van der Waals surface area contributed by atoms with Crippen molar-refractivity contribution in [1.29, 1.82) is 0 Å². The second-order valence-corrected chi connectivity index (χ2v) is 4.63. The summed E-state index contributed by atoms with van der Waals surface area (Å²) in [7, 11) is 0. The van der Waals surface area contributed by atoms with Gasteiger partial charge in [-0.25, -0.2) is 4.98 Å². The van der Waals surface area contributed by atoms with Crippen molar-refractivity contribution in [2.75, 3.05) is 5.32 Å². The second kappa shape index (κ2) is 5.99. The molecule has 3 nitrogen and oxygen atoms in total. The standard InChI is InChI=1S/C13H9Cl2FN2O/c14-9-5-4-8(6-10(9)15)7-13(19)18-12-3-1-2-11(16)17-12/h1-6H,7H2,(H,17,18,19). The summed E-state index contributed by atoms with van der Waals surface area (Å²) in [4.78, 5) is 15.3. The Kier molecular flexibility index (Phi) is 4.35. The van der Waals surface area contributed by atoms with Crippen molar-refractivity contribution >= 4 is 34.9 Å². The van der Waals surface area contributed by atoms with E-state index in [2.05, 4.69) is 10.3 Å². The Bertz CT molecular complexity index is 619. The van der Waals surface area contributed by atoms with E-state index in [1.807, 2.05) is 0 Å². The summed E-state index contributed by atoms with van der Waals surface area (Å²) in [5.74, 6) is -0.783. The number of benzene rings is 1. The molecule has 1 amide bonds. The van der Waals surface area contributed by atoms with Gasteiger partial charge in [0.2, 0.25) is 11.9 Å². The van der Waals surface area contributed by atoms with Gasteiger partial charge in [0.05, 0.1) is 16.5 Å². The molecule has 1 aromatic carbocycles. The summed E-state index contributed by atoms with van der Waals surface area (Å²) in [6.45, 7) is 0. The summed E-state index contributed by atoms with van der Waals surface area (Å²) in [6, 6.07) is 9.11. The van der Waals surface area contributed by atoms with Crippen LogP contribution >= 0.6 is 23.2 Å². The van der Waals surface area contributed by atoms with Gasteiger partial charge in [-0.1, -0.05) is 35.3 Å². The Balaban J connectivity index is 2.03. The predicted molar refractivity (Wildman–Crippen MR) is 73.0 cm³/mol. The van der Waals surface area contributed by atoms with Gasteiger partial charge >= 0.3 is 0 Å². The molecule has 0 unspecified atom stereocenters. The molecule has 0 saturated heterocycles. The fraction of sp³-hybridized carbons (Fsp3) is 0.0769. The minimum atomic E-state index is -0.646. The lowest BCUT2D eigenvalue weighted by Crippen LogP contribution is -2.15. The van der Waals surface area contributed by atoms with Gasteiger partial charge in [-0.2, -0.15) is 4.39 Å². The van der Waals surface area contributed by atoms with Gasteiger partial charge in [0.1, 0.15) is 5.82 Å². The zero-order valence-corrected chi connectivity index (χ0v) is 11.2. The quantitative estimate of drug-likeness (QED) is 0.878. The number of carbonyl (C=O) groups excluding carboxylic acids is 1. The first kappa shape index (κ1) is 13.8. The molecule has 0 saturated carbocycles. The number of nitrogens with zero attached hydrogens (tertiary/aromatic N) is 1. The van der Waals surface area contributed by atoms with E-state index >= 15 is 0 Å². The molecule has 1 N–H and O–H groups in total. The van der Waals surface area contributed by atoms with Crippen LogP contribution in [0.15, 0.2) is 36.4 Å². The van der Waals surface area contributed by atoms with Crippen molar-refractivity contribution in [2.24, 2.45) is 0 Å². The van der Waals surface area contributed by atoms with Gasteiger partial charge < -0.3 is 5.32 Å². The zero-order valence-electron chi connectivity index (χ0n) is 9.66. The Morgan fingerprint density at radius 3 is 2.68 bits per heavy atom. The maximum atomic E-state index is 12.8. The van der Waals surface area contributed by atoms with Crippen molar-refractivity contribution in [1.82, 2.24) is 4.98 Å². The number of pyridine rings is 1. The number of hydrogen-bond donors (Lipinski definition) is 1. The monoisotopic (exact) mass is 298 g/mol. The van der Waals surface area contributed by atoms with Crippen LogP contribution < -0.4 is 5.32 Å². The summed E-state index contributed by atoms with van der Waals surface area (Å²) in [6.07, 6.45) is 0.106. The van der Waals surface area contributed by atoms with E-state index in [0.29, 0.717) is 15.6 Å². The van der Waals surface area contributed by atoms with E-state index in [9.17, 15) is 9.18 Å². The Hall–Kier alpha value is -1.65. The largest absolute Gasteiger partial charge is 0.310 e. The molecule has 0 aliphatic heterocycles. The fourth-order valence-corrected chi connectivity index (χ4v) is 1.82. The first-order valence-corrected chi connectivity index (χ1v) is 6.16. The van der Waals surface area contributed by atoms with Crippen molar-refractivity contribution in [3.8, 4) is 0 Å². The minimum Gasteiger partial charge on any atom is -0.310 e. The molecule has 0 spiro atoms. The van der Waals surface area contributed by atoms with E-state index in [1.165, 1.54) is 18.2 Å². The highest BCUT2D eigenvalue weighted by Crippen LogP contribution is 2.22. The van der Waals surface area contributed by atoms with Crippen LogP contribution in [0.5, 0.6) is 0 Å². The van der Waals surface area contributed by atoms with E-state index in [4.69, 9.17) is 23.2 Å². The fourth-order valence-electron chi connectivity index (χ4n) is 1.50. The van der Waals surface area contributed by atoms with Gasteiger partial charge in [0, 0.05) is 0 Å². The van der Waals surface area contributed by atoms with Gasteiger partial charge in [0.25, 0.3) is 0 Å². The summed E-state index contributed by atoms with van der Waals surface area (Å²) < 4.78 is 12.8. The number of rotatable bonds is 3. The first-order valence-electron chi connectivity index (χ1n) is 5.41. The number of nitrogens with one attached hydrogen (secondary N) is 1. The van der Waals surface area contributed by atoms with E-state index in [1.54, 1.807) is 18.2 Å². The third kappa shape index (κ3) is 3.91. The lowest BCUT2D eigenvalue weighted by molar-refractivity contribution is -0.115. The van der Waals surface area contributed by atoms with Crippen LogP contribution in [0.4, 0.5) is 10.2 Å². The summed E-state index contributed by atoms with van der Waals surface area (Å²) in [5.41, 5.74) is 0.711. The second-order valence-electron chi connectivity index (χ2n) is 3.82. The Morgan fingerprint density at radius 2 is 2.00 bits per heavy atom. The molecular weight excluding hydrogens is 290 g/mol. The molecule has 0 atom stereocenters. The predicted octanol–water partition coefficient (Wildman–Crippen LogP) is 3.71. The summed E-state index contributed by atoms with van der Waals surface area (Å²) >= 11 is 11.6. The highest BCUT2D eigenvalue weighted by atomic mass is 35.5. The molecule has 19 heavy (non-hydrogen) atoms. The number of hydrogen-bond acceptors (Lipinski definition) is 2. The molecule has 2 rings (SSSR count). The maximum absolute atomic E-state index is 12.8. The molecule has 98 valence electrons. The third-order valence-corrected chi connectivity index (χ3v) is 3.07. The zero-order chi connectivity index (χ0) is 13.8. The van der Waals surface area contributed by atoms with Crippen molar-refractivity contribution in [3.05, 3.63) is 58.0 Å². The van der Waals surface area contributed by atoms with Gasteiger partial charge in [0.15, 0.2) is 0 Å². The van der Waals surface area contributed by atoms with Crippen LogP contribution in [-0.2, 0) is 11.2 Å². The Morgan fingerprint density at radius 1 is 1.21 bits per heavy atom. The highest BCUT2D eigenvalue weighted by Gasteiger charge is 2.07. The first-order chi connectivity index (χ1) is 9.04. The van der Waals surface area contributed by atoms with Crippen LogP contribution in [-0.4, -0.2) is 10.9 Å². The SMILES string of the molecule is O=C(Cc1ccc(Cl)c(Cl)c1)Nc1cccc(F)n1. The molecule has 0 bridgehead atoms. The molecular formula is C13H9Cl2FN2O. The molecule has 1 heterocycles. The van der Waals surface area contributed by atoms with Gasteiger partial charge in [-0.15, -0.1) is 0 Å². The lowest BCUT2D eigenvalue weighted by Gasteiger charge is -2.05. The average Bonchev–Trinajstić information content (AvgIpc) is 2.34. The summed E-state index contributed by atoms with van der Waals surface area (Å²) in [5, 5.41) is 3.31. The number of anilines is 1. The Labute approximate surface area is 119 Å². The average molecular weight is 299 g/mol. The molecule has 0 aliphatic carbocycles. The van der Waals surface area contributed by atoms with Gasteiger partial charge in [-0.3, -0.25) is 4.79 Å². The number of halogens is 3. The van der Waals surface area contributed by atoms with Crippen LogP contribution in [0.25, 0.3) is 0 Å². The molecule has 0 fully saturated rings. The number of aromatic nitrogens is 1. The van der Waals surface area contributed by atoms with E-state index in [-0.39, 0.29) is 18.1 Å². The topological polar surface area (TPSA) is 42.0 Å². The highest BCUT2D eigenvalue weighted by molar-refractivity contribution is 6.42. The van der Waals surface area contributed by atoms with E-state index < -0.39 is 5.95 Å².